The predicted octanol–water partition coefficient (Wildman–Crippen LogP) is 4.02. The van der Waals surface area contributed by atoms with Gasteiger partial charge in [0.2, 0.25) is 0 Å². The SMILES string of the molecule is OC1(c2ccc(F)cc2)CCN(c2cncc(-c3cnn(Cc4ccccc4)c3)n2)CC1. The highest BCUT2D eigenvalue weighted by Gasteiger charge is 2.34. The van der Waals surface area contributed by atoms with Gasteiger partial charge in [0.15, 0.2) is 0 Å². The van der Waals surface area contributed by atoms with E-state index in [-0.39, 0.29) is 5.82 Å². The third-order valence-electron chi connectivity index (χ3n) is 6.03. The summed E-state index contributed by atoms with van der Waals surface area (Å²) in [6.07, 6.45) is 8.36. The molecule has 0 saturated carbocycles. The quantitative estimate of drug-likeness (QED) is 0.519. The van der Waals surface area contributed by atoms with E-state index in [2.05, 4.69) is 27.1 Å². The van der Waals surface area contributed by atoms with Crippen LogP contribution in [0, 0.1) is 5.82 Å². The lowest BCUT2D eigenvalue weighted by atomic mass is 9.84. The highest BCUT2D eigenvalue weighted by atomic mass is 19.1. The minimum atomic E-state index is -0.951. The lowest BCUT2D eigenvalue weighted by molar-refractivity contribution is 0.0116. The molecule has 0 bridgehead atoms. The fraction of sp³-hybridized carbons (Fsp3) is 0.240. The topological polar surface area (TPSA) is 67.1 Å². The third-order valence-corrected chi connectivity index (χ3v) is 6.03. The van der Waals surface area contributed by atoms with Crippen LogP contribution >= 0.6 is 0 Å². The fourth-order valence-corrected chi connectivity index (χ4v) is 4.15. The summed E-state index contributed by atoms with van der Waals surface area (Å²) in [5, 5.41) is 15.5. The maximum absolute atomic E-state index is 13.2. The van der Waals surface area contributed by atoms with Crippen LogP contribution in [0.5, 0.6) is 0 Å². The van der Waals surface area contributed by atoms with Gasteiger partial charge in [0, 0.05) is 24.8 Å². The fourth-order valence-electron chi connectivity index (χ4n) is 4.15. The minimum Gasteiger partial charge on any atom is -0.385 e. The monoisotopic (exact) mass is 429 g/mol. The highest BCUT2D eigenvalue weighted by Crippen LogP contribution is 2.34. The van der Waals surface area contributed by atoms with Gasteiger partial charge in [0.25, 0.3) is 0 Å². The molecule has 1 aliphatic heterocycles. The van der Waals surface area contributed by atoms with Crippen molar-refractivity contribution in [3.05, 3.63) is 96.3 Å². The maximum Gasteiger partial charge on any atom is 0.147 e. The Balaban J connectivity index is 1.28. The Bertz CT molecular complexity index is 1180. The minimum absolute atomic E-state index is 0.297. The zero-order valence-corrected chi connectivity index (χ0v) is 17.6. The van der Waals surface area contributed by atoms with Crippen LogP contribution in [0.25, 0.3) is 11.3 Å². The van der Waals surface area contributed by atoms with E-state index in [0.29, 0.717) is 32.5 Å². The van der Waals surface area contributed by atoms with E-state index in [9.17, 15) is 9.50 Å². The summed E-state index contributed by atoms with van der Waals surface area (Å²) in [4.78, 5) is 11.3. The van der Waals surface area contributed by atoms with Gasteiger partial charge in [-0.05, 0) is 36.1 Å². The molecule has 1 saturated heterocycles. The molecule has 1 fully saturated rings. The van der Waals surface area contributed by atoms with Gasteiger partial charge in [0.05, 0.1) is 36.4 Å². The number of piperidine rings is 1. The Morgan fingerprint density at radius 2 is 1.69 bits per heavy atom. The average Bonchev–Trinajstić information content (AvgIpc) is 3.29. The molecule has 0 amide bonds. The van der Waals surface area contributed by atoms with Gasteiger partial charge < -0.3 is 10.0 Å². The van der Waals surface area contributed by atoms with E-state index in [1.54, 1.807) is 30.7 Å². The van der Waals surface area contributed by atoms with Crippen molar-refractivity contribution in [1.82, 2.24) is 19.7 Å². The molecule has 1 N–H and O–H groups in total. The smallest absolute Gasteiger partial charge is 0.147 e. The molecule has 2 aromatic carbocycles. The van der Waals surface area contributed by atoms with Crippen LogP contribution < -0.4 is 4.90 Å². The van der Waals surface area contributed by atoms with E-state index in [1.165, 1.54) is 17.7 Å². The molecule has 0 unspecified atom stereocenters. The molecule has 4 aromatic rings. The summed E-state index contributed by atoms with van der Waals surface area (Å²) >= 11 is 0. The Morgan fingerprint density at radius 3 is 2.44 bits per heavy atom. The lowest BCUT2D eigenvalue weighted by Gasteiger charge is -2.39. The molecular weight excluding hydrogens is 405 g/mol. The van der Waals surface area contributed by atoms with Crippen molar-refractivity contribution in [3.63, 3.8) is 0 Å². The van der Waals surface area contributed by atoms with Crippen molar-refractivity contribution in [2.24, 2.45) is 0 Å². The van der Waals surface area contributed by atoms with Crippen LogP contribution in [0.1, 0.15) is 24.0 Å². The first kappa shape index (κ1) is 20.3. The number of halogens is 1. The van der Waals surface area contributed by atoms with Gasteiger partial charge in [-0.15, -0.1) is 0 Å². The highest BCUT2D eigenvalue weighted by molar-refractivity contribution is 5.58. The number of hydrogen-bond donors (Lipinski definition) is 1. The van der Waals surface area contributed by atoms with Gasteiger partial charge in [-0.3, -0.25) is 9.67 Å². The molecule has 0 atom stereocenters. The molecule has 162 valence electrons. The van der Waals surface area contributed by atoms with E-state index < -0.39 is 5.60 Å². The van der Waals surface area contributed by atoms with Crippen LogP contribution in [-0.2, 0) is 12.1 Å². The van der Waals surface area contributed by atoms with Crippen molar-refractivity contribution in [2.75, 3.05) is 18.0 Å². The van der Waals surface area contributed by atoms with Gasteiger partial charge >= 0.3 is 0 Å². The largest absolute Gasteiger partial charge is 0.385 e. The first-order valence-corrected chi connectivity index (χ1v) is 10.7. The second kappa shape index (κ2) is 8.51. The summed E-state index contributed by atoms with van der Waals surface area (Å²) in [6.45, 7) is 1.97. The summed E-state index contributed by atoms with van der Waals surface area (Å²) < 4.78 is 15.1. The molecule has 2 aromatic heterocycles. The van der Waals surface area contributed by atoms with Crippen molar-refractivity contribution in [3.8, 4) is 11.3 Å². The molecule has 0 radical (unpaired) electrons. The number of rotatable bonds is 5. The van der Waals surface area contributed by atoms with Crippen LogP contribution in [0.15, 0.2) is 79.4 Å². The first-order chi connectivity index (χ1) is 15.6. The Kier molecular flexibility index (Phi) is 5.41. The summed E-state index contributed by atoms with van der Waals surface area (Å²) in [5.74, 6) is 0.480. The summed E-state index contributed by atoms with van der Waals surface area (Å²) in [6, 6.07) is 16.3. The number of benzene rings is 2. The zero-order chi connectivity index (χ0) is 22.0. The second-order valence-electron chi connectivity index (χ2n) is 8.20. The summed E-state index contributed by atoms with van der Waals surface area (Å²) in [5.41, 5.74) is 2.66. The van der Waals surface area contributed by atoms with Gasteiger partial charge in [0.1, 0.15) is 11.6 Å². The normalized spacial score (nSPS) is 15.6. The standard InChI is InChI=1S/C25H24FN5O/c26-22-8-6-21(7-9-22)25(32)10-12-30(13-11-25)24-16-27-15-23(29-24)20-14-28-31(18-20)17-19-4-2-1-3-5-19/h1-9,14-16,18,32H,10-13,17H2. The van der Waals surface area contributed by atoms with E-state index >= 15 is 0 Å². The van der Waals surface area contributed by atoms with E-state index in [4.69, 9.17) is 4.98 Å². The Morgan fingerprint density at radius 1 is 0.938 bits per heavy atom. The molecule has 1 aliphatic rings. The van der Waals surface area contributed by atoms with Gasteiger partial charge in [-0.1, -0.05) is 42.5 Å². The summed E-state index contributed by atoms with van der Waals surface area (Å²) in [7, 11) is 0. The number of aliphatic hydroxyl groups is 1. The van der Waals surface area contributed by atoms with Crippen LogP contribution in [0.2, 0.25) is 0 Å². The number of anilines is 1. The average molecular weight is 429 g/mol. The molecule has 7 heteroatoms. The number of aromatic nitrogens is 4. The van der Waals surface area contributed by atoms with Crippen molar-refractivity contribution < 1.29 is 9.50 Å². The van der Waals surface area contributed by atoms with Crippen LogP contribution in [0.3, 0.4) is 0 Å². The lowest BCUT2D eigenvalue weighted by Crippen LogP contribution is -2.43. The Hall–Kier alpha value is -3.58. The van der Waals surface area contributed by atoms with Crippen molar-refractivity contribution >= 4 is 5.82 Å². The van der Waals surface area contributed by atoms with Gasteiger partial charge in [-0.25, -0.2) is 9.37 Å². The van der Waals surface area contributed by atoms with Crippen molar-refractivity contribution in [2.45, 2.75) is 25.0 Å². The van der Waals surface area contributed by atoms with Crippen molar-refractivity contribution in [1.29, 1.82) is 0 Å². The zero-order valence-electron chi connectivity index (χ0n) is 17.6. The van der Waals surface area contributed by atoms with Gasteiger partial charge in [-0.2, -0.15) is 5.10 Å². The molecule has 0 spiro atoms. The Labute approximate surface area is 186 Å². The maximum atomic E-state index is 13.2. The van der Waals surface area contributed by atoms with E-state index in [1.807, 2.05) is 29.1 Å². The van der Waals surface area contributed by atoms with Crippen LogP contribution in [0.4, 0.5) is 10.2 Å². The second-order valence-corrected chi connectivity index (χ2v) is 8.20. The first-order valence-electron chi connectivity index (χ1n) is 10.7. The molecular formula is C25H24FN5O. The predicted molar refractivity (Wildman–Crippen MR) is 121 cm³/mol. The molecule has 32 heavy (non-hydrogen) atoms. The molecule has 6 nitrogen and oxygen atoms in total. The van der Waals surface area contributed by atoms with Crippen LogP contribution in [-0.4, -0.2) is 37.9 Å². The number of nitrogens with zero attached hydrogens (tertiary/aromatic N) is 5. The molecule has 5 rings (SSSR count). The third kappa shape index (κ3) is 4.24. The van der Waals surface area contributed by atoms with E-state index in [0.717, 1.165) is 22.6 Å². The molecule has 3 heterocycles. The number of hydrogen-bond acceptors (Lipinski definition) is 5. The molecule has 0 aliphatic carbocycles.